The van der Waals surface area contributed by atoms with Crippen LogP contribution in [0, 0.1) is 11.3 Å². The van der Waals surface area contributed by atoms with Crippen LogP contribution >= 0.6 is 0 Å². The van der Waals surface area contributed by atoms with E-state index in [4.69, 9.17) is 19.2 Å². The predicted octanol–water partition coefficient (Wildman–Crippen LogP) is 2.63. The predicted molar refractivity (Wildman–Crippen MR) is 101 cm³/mol. The molecule has 1 N–H and O–H groups in total. The smallest absolute Gasteiger partial charge is 0.231 e. The van der Waals surface area contributed by atoms with Crippen molar-refractivity contribution in [1.82, 2.24) is 10.2 Å². The van der Waals surface area contributed by atoms with Gasteiger partial charge in [0.05, 0.1) is 6.10 Å². The first-order chi connectivity index (χ1) is 12.5. The van der Waals surface area contributed by atoms with Gasteiger partial charge in [0.25, 0.3) is 0 Å². The van der Waals surface area contributed by atoms with Gasteiger partial charge < -0.3 is 24.4 Å². The van der Waals surface area contributed by atoms with Crippen LogP contribution in [0.25, 0.3) is 0 Å². The average molecular weight is 359 g/mol. The molecule has 0 bridgehead atoms. The second kappa shape index (κ2) is 6.65. The van der Waals surface area contributed by atoms with Crippen LogP contribution in [0.1, 0.15) is 32.8 Å². The molecule has 3 unspecified atom stereocenters. The maximum absolute atomic E-state index is 5.92. The van der Waals surface area contributed by atoms with E-state index in [0.717, 1.165) is 43.6 Å². The lowest BCUT2D eigenvalue weighted by Gasteiger charge is -2.55. The molecule has 6 nitrogen and oxygen atoms in total. The quantitative estimate of drug-likeness (QED) is 0.662. The minimum absolute atomic E-state index is 0.134. The van der Waals surface area contributed by atoms with E-state index in [1.54, 1.807) is 0 Å². The lowest BCUT2D eigenvalue weighted by atomic mass is 9.57. The molecule has 0 amide bonds. The molecule has 3 atom stereocenters. The third kappa shape index (κ3) is 2.90. The molecule has 1 aliphatic carbocycles. The van der Waals surface area contributed by atoms with E-state index in [1.165, 1.54) is 5.56 Å². The van der Waals surface area contributed by atoms with E-state index < -0.39 is 0 Å². The summed E-state index contributed by atoms with van der Waals surface area (Å²) in [6, 6.07) is 6.52. The Hall–Kier alpha value is -1.95. The molecule has 4 rings (SSSR count). The summed E-state index contributed by atoms with van der Waals surface area (Å²) < 4.78 is 16.8. The van der Waals surface area contributed by atoms with E-state index in [-0.39, 0.29) is 5.41 Å². The fraction of sp³-hybridized carbons (Fsp3) is 0.650. The van der Waals surface area contributed by atoms with Crippen molar-refractivity contribution in [1.29, 1.82) is 0 Å². The maximum atomic E-state index is 5.92. The molecule has 2 fully saturated rings. The Kier molecular flexibility index (Phi) is 4.47. The van der Waals surface area contributed by atoms with Crippen molar-refractivity contribution in [3.63, 3.8) is 0 Å². The average Bonchev–Trinajstić information content (AvgIpc) is 3.25. The number of aliphatic imine (C=N–C) groups is 1. The molecule has 3 aliphatic rings. The van der Waals surface area contributed by atoms with Gasteiger partial charge in [-0.2, -0.15) is 0 Å². The lowest BCUT2D eigenvalue weighted by Crippen LogP contribution is -2.67. The Morgan fingerprint density at radius 1 is 1.31 bits per heavy atom. The van der Waals surface area contributed by atoms with E-state index >= 15 is 0 Å². The van der Waals surface area contributed by atoms with Gasteiger partial charge in [0.1, 0.15) is 0 Å². The van der Waals surface area contributed by atoms with Crippen molar-refractivity contribution in [2.45, 2.75) is 45.9 Å². The van der Waals surface area contributed by atoms with Crippen molar-refractivity contribution >= 4 is 5.96 Å². The molecular formula is C20H29N3O3. The standard InChI is InChI=1S/C20H29N3O3/c1-5-21-19(22-17-14-8-9-24-18(14)20(17,2)3)23(4)11-13-6-7-15-16(10-13)26-12-25-15/h6-7,10,14,17-18H,5,8-9,11-12H2,1-4H3,(H,21,22). The van der Waals surface area contributed by atoms with E-state index in [1.807, 2.05) is 6.07 Å². The number of hydrogen-bond donors (Lipinski definition) is 1. The molecule has 142 valence electrons. The SMILES string of the molecule is CCN=C(NC1C2CCOC2C1(C)C)N(C)Cc1ccc2c(c1)OCO2. The Morgan fingerprint density at radius 2 is 2.12 bits per heavy atom. The summed E-state index contributed by atoms with van der Waals surface area (Å²) in [6.45, 7) is 9.36. The summed E-state index contributed by atoms with van der Waals surface area (Å²) in [5.74, 6) is 3.18. The number of nitrogens with one attached hydrogen (secondary N) is 1. The van der Waals surface area contributed by atoms with Gasteiger partial charge in [-0.1, -0.05) is 19.9 Å². The second-order valence-corrected chi connectivity index (χ2v) is 8.03. The first-order valence-corrected chi connectivity index (χ1v) is 9.53. The highest BCUT2D eigenvalue weighted by Gasteiger charge is 2.59. The Labute approximate surface area is 155 Å². The highest BCUT2D eigenvalue weighted by molar-refractivity contribution is 5.80. The number of nitrogens with zero attached hydrogens (tertiary/aromatic N) is 2. The Morgan fingerprint density at radius 3 is 2.92 bits per heavy atom. The minimum atomic E-state index is 0.134. The molecule has 1 aromatic rings. The Bertz CT molecular complexity index is 704. The van der Waals surface area contributed by atoms with Crippen LogP contribution in [0.2, 0.25) is 0 Å². The zero-order valence-electron chi connectivity index (χ0n) is 16.1. The molecule has 26 heavy (non-hydrogen) atoms. The normalized spacial score (nSPS) is 28.5. The fourth-order valence-corrected chi connectivity index (χ4v) is 4.57. The number of hydrogen-bond acceptors (Lipinski definition) is 4. The van der Waals surface area contributed by atoms with Gasteiger partial charge in [0.2, 0.25) is 6.79 Å². The van der Waals surface area contributed by atoms with Crippen molar-refractivity contribution in [2.75, 3.05) is 27.0 Å². The first kappa shape index (κ1) is 17.5. The van der Waals surface area contributed by atoms with E-state index in [2.05, 4.69) is 50.2 Å². The van der Waals surface area contributed by atoms with Gasteiger partial charge in [0.15, 0.2) is 17.5 Å². The number of ether oxygens (including phenoxy) is 3. The monoisotopic (exact) mass is 359 g/mol. The molecule has 0 spiro atoms. The van der Waals surface area contributed by atoms with Gasteiger partial charge in [-0.15, -0.1) is 0 Å². The summed E-state index contributed by atoms with van der Waals surface area (Å²) in [5.41, 5.74) is 1.31. The van der Waals surface area contributed by atoms with E-state index in [0.29, 0.717) is 24.9 Å². The molecular weight excluding hydrogens is 330 g/mol. The zero-order valence-corrected chi connectivity index (χ0v) is 16.1. The van der Waals surface area contributed by atoms with Crippen LogP contribution in [-0.2, 0) is 11.3 Å². The van der Waals surface area contributed by atoms with Crippen LogP contribution < -0.4 is 14.8 Å². The third-order valence-electron chi connectivity index (χ3n) is 5.91. The molecule has 1 saturated heterocycles. The van der Waals surface area contributed by atoms with Gasteiger partial charge in [-0.05, 0) is 31.0 Å². The molecule has 0 aromatic heterocycles. The first-order valence-electron chi connectivity index (χ1n) is 9.53. The highest BCUT2D eigenvalue weighted by Crippen LogP contribution is 2.52. The summed E-state index contributed by atoms with van der Waals surface area (Å²) in [7, 11) is 2.08. The molecule has 0 radical (unpaired) electrons. The minimum Gasteiger partial charge on any atom is -0.454 e. The van der Waals surface area contributed by atoms with Gasteiger partial charge in [0, 0.05) is 44.1 Å². The molecule has 2 heterocycles. The zero-order chi connectivity index (χ0) is 18.3. The third-order valence-corrected chi connectivity index (χ3v) is 5.91. The van der Waals surface area contributed by atoms with Crippen molar-refractivity contribution in [3.8, 4) is 11.5 Å². The number of benzene rings is 1. The van der Waals surface area contributed by atoms with Gasteiger partial charge >= 0.3 is 0 Å². The van der Waals surface area contributed by atoms with E-state index in [9.17, 15) is 0 Å². The number of fused-ring (bicyclic) bond motifs is 2. The van der Waals surface area contributed by atoms with Crippen molar-refractivity contribution in [2.24, 2.45) is 16.3 Å². The maximum Gasteiger partial charge on any atom is 0.231 e. The topological polar surface area (TPSA) is 55.3 Å². The largest absolute Gasteiger partial charge is 0.454 e. The lowest BCUT2D eigenvalue weighted by molar-refractivity contribution is -0.107. The molecule has 1 aromatic carbocycles. The van der Waals surface area contributed by atoms with Crippen LogP contribution in [0.3, 0.4) is 0 Å². The second-order valence-electron chi connectivity index (χ2n) is 8.03. The number of guanidine groups is 1. The van der Waals surface area contributed by atoms with Gasteiger partial charge in [-0.25, -0.2) is 0 Å². The van der Waals surface area contributed by atoms with Crippen molar-refractivity contribution < 1.29 is 14.2 Å². The van der Waals surface area contributed by atoms with Crippen LogP contribution in [0.4, 0.5) is 0 Å². The molecule has 6 heteroatoms. The summed E-state index contributed by atoms with van der Waals surface area (Å²) >= 11 is 0. The van der Waals surface area contributed by atoms with Crippen molar-refractivity contribution in [3.05, 3.63) is 23.8 Å². The van der Waals surface area contributed by atoms with Crippen LogP contribution in [-0.4, -0.2) is 50.0 Å². The van der Waals surface area contributed by atoms with Crippen LogP contribution in [0.5, 0.6) is 11.5 Å². The summed E-state index contributed by atoms with van der Waals surface area (Å²) in [6.07, 6.45) is 1.51. The highest BCUT2D eigenvalue weighted by atomic mass is 16.7. The van der Waals surface area contributed by atoms with Gasteiger partial charge in [-0.3, -0.25) is 4.99 Å². The molecule has 1 saturated carbocycles. The van der Waals surface area contributed by atoms with Crippen LogP contribution in [0.15, 0.2) is 23.2 Å². The summed E-state index contributed by atoms with van der Waals surface area (Å²) in [4.78, 5) is 6.91. The summed E-state index contributed by atoms with van der Waals surface area (Å²) in [5, 5.41) is 3.73. The molecule has 2 aliphatic heterocycles. The fourth-order valence-electron chi connectivity index (χ4n) is 4.57. The number of rotatable bonds is 4. The Balaban J connectivity index is 1.45.